The van der Waals surface area contributed by atoms with E-state index in [9.17, 15) is 9.59 Å². The molecule has 11 heteroatoms. The van der Waals surface area contributed by atoms with E-state index in [0.717, 1.165) is 0 Å². The fraction of sp³-hybridized carbons (Fsp3) is 0.259. The Balaban J connectivity index is 1.99. The highest BCUT2D eigenvalue weighted by molar-refractivity contribution is 9.10. The number of carbonyl (C=O) groups excluding carboxylic acids is 1. The molecule has 0 saturated heterocycles. The maximum absolute atomic E-state index is 13.9. The monoisotopic (exact) mass is 597 g/mol. The van der Waals surface area contributed by atoms with Crippen molar-refractivity contribution in [2.24, 2.45) is 4.99 Å². The van der Waals surface area contributed by atoms with Gasteiger partial charge in [-0.2, -0.15) is 5.26 Å². The summed E-state index contributed by atoms with van der Waals surface area (Å²) in [5, 5.41) is 8.91. The van der Waals surface area contributed by atoms with E-state index in [4.69, 9.17) is 24.2 Å². The number of benzene rings is 2. The zero-order chi connectivity index (χ0) is 27.4. The number of allylic oxidation sites excluding steroid dienone is 1. The molecule has 0 bridgehead atoms. The normalized spacial score (nSPS) is 14.8. The Labute approximate surface area is 231 Å². The maximum atomic E-state index is 13.9. The number of nitrogens with zero attached hydrogens (tertiary/aromatic N) is 3. The Morgan fingerprint density at radius 1 is 1.21 bits per heavy atom. The lowest BCUT2D eigenvalue weighted by Gasteiger charge is -2.26. The quantitative estimate of drug-likeness (QED) is 0.365. The number of esters is 1. The molecule has 0 N–H and O–H groups in total. The van der Waals surface area contributed by atoms with Crippen LogP contribution < -0.4 is 29.1 Å². The van der Waals surface area contributed by atoms with Gasteiger partial charge in [0.2, 0.25) is 0 Å². The Bertz CT molecular complexity index is 1650. The van der Waals surface area contributed by atoms with Gasteiger partial charge in [-0.15, -0.1) is 0 Å². The van der Waals surface area contributed by atoms with Crippen molar-refractivity contribution in [2.75, 3.05) is 27.4 Å². The molecular weight excluding hydrogens is 574 g/mol. The number of hydrogen-bond donors (Lipinski definition) is 0. The molecule has 2 aromatic carbocycles. The fourth-order valence-electron chi connectivity index (χ4n) is 4.15. The van der Waals surface area contributed by atoms with Gasteiger partial charge < -0.3 is 18.9 Å². The minimum atomic E-state index is -0.841. The average molecular weight is 598 g/mol. The second-order valence-electron chi connectivity index (χ2n) is 8.02. The van der Waals surface area contributed by atoms with E-state index in [-0.39, 0.29) is 24.3 Å². The Kier molecular flexibility index (Phi) is 8.34. The zero-order valence-corrected chi connectivity index (χ0v) is 23.5. The van der Waals surface area contributed by atoms with Crippen LogP contribution in [0.25, 0.3) is 6.08 Å². The number of rotatable bonds is 8. The van der Waals surface area contributed by atoms with Crippen molar-refractivity contribution in [3.63, 3.8) is 0 Å². The first-order valence-electron chi connectivity index (χ1n) is 11.5. The number of methoxy groups -OCH3 is 2. The molecular formula is C27H24BrN3O6S. The van der Waals surface area contributed by atoms with Crippen molar-refractivity contribution >= 4 is 39.3 Å². The van der Waals surface area contributed by atoms with Gasteiger partial charge in [0, 0.05) is 10.0 Å². The van der Waals surface area contributed by atoms with Gasteiger partial charge in [0.05, 0.1) is 42.7 Å². The molecule has 38 heavy (non-hydrogen) atoms. The lowest BCUT2D eigenvalue weighted by molar-refractivity contribution is -0.139. The van der Waals surface area contributed by atoms with Crippen LogP contribution in [-0.4, -0.2) is 38.0 Å². The molecule has 0 aliphatic carbocycles. The van der Waals surface area contributed by atoms with E-state index >= 15 is 0 Å². The molecule has 0 unspecified atom stereocenters. The number of thiazole rings is 1. The van der Waals surface area contributed by atoms with Crippen LogP contribution in [0.2, 0.25) is 0 Å². The molecule has 1 aromatic heterocycles. The second-order valence-corrected chi connectivity index (χ2v) is 9.88. The van der Waals surface area contributed by atoms with Crippen LogP contribution in [0.5, 0.6) is 17.2 Å². The van der Waals surface area contributed by atoms with Crippen LogP contribution in [0.4, 0.5) is 0 Å². The van der Waals surface area contributed by atoms with E-state index in [0.29, 0.717) is 47.9 Å². The van der Waals surface area contributed by atoms with Gasteiger partial charge in [0.25, 0.3) is 5.56 Å². The fourth-order valence-corrected chi connectivity index (χ4v) is 5.72. The number of nitriles is 1. The zero-order valence-electron chi connectivity index (χ0n) is 21.1. The van der Waals surface area contributed by atoms with Crippen molar-refractivity contribution in [3.8, 4) is 23.3 Å². The van der Waals surface area contributed by atoms with E-state index in [1.807, 2.05) is 12.1 Å². The van der Waals surface area contributed by atoms with Gasteiger partial charge in [-0.05, 0) is 43.7 Å². The molecule has 3 aromatic rings. The number of ether oxygens (including phenoxy) is 4. The lowest BCUT2D eigenvalue weighted by Crippen LogP contribution is -2.40. The number of hydrogen-bond acceptors (Lipinski definition) is 9. The number of halogens is 1. The third-order valence-corrected chi connectivity index (χ3v) is 7.48. The first-order valence-corrected chi connectivity index (χ1v) is 13.1. The third-order valence-electron chi connectivity index (χ3n) is 5.81. The summed E-state index contributed by atoms with van der Waals surface area (Å²) in [4.78, 5) is 32.1. The first-order chi connectivity index (χ1) is 18.3. The average Bonchev–Trinajstić information content (AvgIpc) is 3.21. The van der Waals surface area contributed by atoms with E-state index < -0.39 is 12.0 Å². The second kappa shape index (κ2) is 11.7. The summed E-state index contributed by atoms with van der Waals surface area (Å²) >= 11 is 4.78. The summed E-state index contributed by atoms with van der Waals surface area (Å²) in [7, 11) is 3.04. The van der Waals surface area contributed by atoms with Crippen molar-refractivity contribution in [1.82, 2.24) is 4.57 Å². The summed E-state index contributed by atoms with van der Waals surface area (Å²) in [5.41, 5.74) is 1.59. The Morgan fingerprint density at radius 3 is 2.61 bits per heavy atom. The van der Waals surface area contributed by atoms with Crippen LogP contribution in [0, 0.1) is 11.3 Å². The van der Waals surface area contributed by atoms with Gasteiger partial charge >= 0.3 is 5.97 Å². The summed E-state index contributed by atoms with van der Waals surface area (Å²) in [6, 6.07) is 11.7. The van der Waals surface area contributed by atoms with Gasteiger partial charge in [-0.3, -0.25) is 9.36 Å². The molecule has 0 spiro atoms. The van der Waals surface area contributed by atoms with Gasteiger partial charge in [0.15, 0.2) is 22.9 Å². The van der Waals surface area contributed by atoms with Crippen LogP contribution in [0.1, 0.15) is 31.0 Å². The minimum absolute atomic E-state index is 0.123. The van der Waals surface area contributed by atoms with Crippen LogP contribution in [-0.2, 0) is 9.53 Å². The molecule has 1 atom stereocenters. The largest absolute Gasteiger partial charge is 0.493 e. The van der Waals surface area contributed by atoms with Crippen molar-refractivity contribution < 1.29 is 23.7 Å². The smallest absolute Gasteiger partial charge is 0.338 e. The molecule has 196 valence electrons. The minimum Gasteiger partial charge on any atom is -0.493 e. The van der Waals surface area contributed by atoms with Crippen LogP contribution in [0.15, 0.2) is 61.9 Å². The molecule has 9 nitrogen and oxygen atoms in total. The molecule has 4 rings (SSSR count). The topological polar surface area (TPSA) is 112 Å². The summed E-state index contributed by atoms with van der Waals surface area (Å²) in [5.74, 6) is 0.838. The number of carbonyl (C=O) groups is 1. The third kappa shape index (κ3) is 5.10. The number of aromatic nitrogens is 1. The first kappa shape index (κ1) is 27.2. The molecule has 0 saturated carbocycles. The highest BCUT2D eigenvalue weighted by Gasteiger charge is 2.35. The molecule has 1 aliphatic heterocycles. The maximum Gasteiger partial charge on any atom is 0.338 e. The highest BCUT2D eigenvalue weighted by atomic mass is 79.9. The van der Waals surface area contributed by atoms with E-state index in [2.05, 4.69) is 20.9 Å². The number of para-hydroxylation sites is 1. The van der Waals surface area contributed by atoms with E-state index in [1.54, 1.807) is 50.3 Å². The summed E-state index contributed by atoms with van der Waals surface area (Å²) in [6.45, 7) is 3.48. The van der Waals surface area contributed by atoms with Crippen molar-refractivity contribution in [2.45, 2.75) is 19.9 Å². The van der Waals surface area contributed by atoms with Crippen LogP contribution in [0.3, 0.4) is 0 Å². The van der Waals surface area contributed by atoms with Crippen LogP contribution >= 0.6 is 27.3 Å². The van der Waals surface area contributed by atoms with Crippen molar-refractivity contribution in [1.29, 1.82) is 5.26 Å². The van der Waals surface area contributed by atoms with Gasteiger partial charge in [0.1, 0.15) is 11.8 Å². The van der Waals surface area contributed by atoms with E-state index in [1.165, 1.54) is 30.1 Å². The predicted molar refractivity (Wildman–Crippen MR) is 145 cm³/mol. The Morgan fingerprint density at radius 2 is 1.92 bits per heavy atom. The molecule has 0 fully saturated rings. The Hall–Kier alpha value is -3.88. The SMILES string of the molecule is CCOC(=O)C1=C(C)N=c2s/c(=C\c3ccccc3OCC#N)c(=O)n2[C@@H]1c1cc(OC)c(OC)cc1Br. The highest BCUT2D eigenvalue weighted by Crippen LogP contribution is 2.40. The lowest BCUT2D eigenvalue weighted by atomic mass is 9.95. The standard InChI is InChI=1S/C27H24BrN3O6S/c1-5-36-26(33)23-15(2)30-27-31(24(23)17-13-20(34-3)21(35-4)14-18(17)28)25(32)22(38-27)12-16-8-6-7-9-19(16)37-11-10-29/h6-9,12-14,24H,5,11H2,1-4H3/b22-12-/t24-/m1/s1. The summed E-state index contributed by atoms with van der Waals surface area (Å²) in [6.07, 6.45) is 1.70. The van der Waals surface area contributed by atoms with Gasteiger partial charge in [-0.25, -0.2) is 9.79 Å². The molecule has 0 radical (unpaired) electrons. The van der Waals surface area contributed by atoms with Crippen molar-refractivity contribution in [3.05, 3.63) is 83.0 Å². The van der Waals surface area contributed by atoms with Gasteiger partial charge in [-0.1, -0.05) is 45.5 Å². The number of fused-ring (bicyclic) bond motifs is 1. The predicted octanol–water partition coefficient (Wildman–Crippen LogP) is 3.48. The molecule has 0 amide bonds. The molecule has 1 aliphatic rings. The molecule has 2 heterocycles. The summed E-state index contributed by atoms with van der Waals surface area (Å²) < 4.78 is 24.3.